The predicted molar refractivity (Wildman–Crippen MR) is 65.5 cm³/mol. The number of fused-ring (bicyclic) bond motifs is 1. The molecule has 1 aromatic heterocycles. The van der Waals surface area contributed by atoms with E-state index in [1.165, 1.54) is 6.92 Å². The van der Waals surface area contributed by atoms with E-state index < -0.39 is 0 Å². The zero-order valence-electron chi connectivity index (χ0n) is 9.07. The summed E-state index contributed by atoms with van der Waals surface area (Å²) in [5, 5.41) is 0.873. The van der Waals surface area contributed by atoms with Gasteiger partial charge in [-0.15, -0.1) is 0 Å². The maximum Gasteiger partial charge on any atom is 0.238 e. The Kier molecular flexibility index (Phi) is 2.79. The van der Waals surface area contributed by atoms with Crippen molar-refractivity contribution in [2.45, 2.75) is 13.8 Å². The first-order valence-corrected chi connectivity index (χ1v) is 5.26. The zero-order chi connectivity index (χ0) is 11.7. The molecule has 0 aliphatic heterocycles. The number of benzene rings is 1. The van der Waals surface area contributed by atoms with Gasteiger partial charge in [0.25, 0.3) is 0 Å². The average molecular weight is 235 g/mol. The van der Waals surface area contributed by atoms with Crippen molar-refractivity contribution in [2.24, 2.45) is 0 Å². The van der Waals surface area contributed by atoms with Crippen LogP contribution in [0.1, 0.15) is 12.6 Å². The summed E-state index contributed by atoms with van der Waals surface area (Å²) in [6.45, 7) is 3.30. The predicted octanol–water partition coefficient (Wildman–Crippen LogP) is 3.05. The Labute approximate surface area is 98.8 Å². The van der Waals surface area contributed by atoms with Crippen molar-refractivity contribution in [2.75, 3.05) is 4.42 Å². The van der Waals surface area contributed by atoms with Crippen LogP contribution in [0.5, 0.6) is 0 Å². The number of aromatic nitrogens is 1. The number of amides is 1. The number of hydrogen-bond donors (Lipinski definition) is 0. The largest absolute Gasteiger partial charge is 0.274 e. The molecule has 2 aromatic rings. The van der Waals surface area contributed by atoms with E-state index in [4.69, 9.17) is 11.8 Å². The van der Waals surface area contributed by atoms with Crippen molar-refractivity contribution in [3.8, 4) is 0 Å². The van der Waals surface area contributed by atoms with E-state index in [0.717, 1.165) is 21.0 Å². The normalized spacial score (nSPS) is 10.4. The standard InChI is InChI=1S/C12H11ClN2O/c1-8-7-12(15(13)9(2)16)10-5-3-4-6-11(10)14-8/h3-7H,1-2H3. The van der Waals surface area contributed by atoms with Gasteiger partial charge in [0.1, 0.15) is 0 Å². The highest BCUT2D eigenvalue weighted by molar-refractivity contribution is 6.37. The molecule has 0 aliphatic carbocycles. The van der Waals surface area contributed by atoms with Gasteiger partial charge in [-0.1, -0.05) is 18.2 Å². The van der Waals surface area contributed by atoms with Crippen LogP contribution in [0.4, 0.5) is 5.69 Å². The molecule has 0 unspecified atom stereocenters. The number of hydrogen-bond acceptors (Lipinski definition) is 2. The Balaban J connectivity index is 2.72. The molecule has 0 aliphatic rings. The third-order valence-corrected chi connectivity index (χ3v) is 2.73. The van der Waals surface area contributed by atoms with Crippen LogP contribution in [-0.2, 0) is 4.79 Å². The Hall–Kier alpha value is -1.61. The molecule has 82 valence electrons. The van der Waals surface area contributed by atoms with Gasteiger partial charge in [-0.25, -0.2) is 4.42 Å². The van der Waals surface area contributed by atoms with Gasteiger partial charge >= 0.3 is 0 Å². The van der Waals surface area contributed by atoms with Gasteiger partial charge in [-0.2, -0.15) is 0 Å². The molecule has 3 nitrogen and oxygen atoms in total. The number of rotatable bonds is 1. The van der Waals surface area contributed by atoms with Gasteiger partial charge in [0.15, 0.2) is 0 Å². The van der Waals surface area contributed by atoms with Gasteiger partial charge in [0, 0.05) is 29.8 Å². The van der Waals surface area contributed by atoms with Crippen molar-refractivity contribution in [3.05, 3.63) is 36.0 Å². The summed E-state index contributed by atoms with van der Waals surface area (Å²) >= 11 is 5.95. The molecule has 1 heterocycles. The minimum absolute atomic E-state index is 0.211. The van der Waals surface area contributed by atoms with Crippen molar-refractivity contribution >= 4 is 34.3 Å². The highest BCUT2D eigenvalue weighted by atomic mass is 35.5. The van der Waals surface area contributed by atoms with Gasteiger partial charge < -0.3 is 0 Å². The number of carbonyl (C=O) groups excluding carboxylic acids is 1. The van der Waals surface area contributed by atoms with Crippen LogP contribution in [0.25, 0.3) is 10.9 Å². The van der Waals surface area contributed by atoms with E-state index in [2.05, 4.69) is 4.98 Å². The second-order valence-corrected chi connectivity index (χ2v) is 3.94. The van der Waals surface area contributed by atoms with E-state index in [1.54, 1.807) is 6.07 Å². The molecule has 0 atom stereocenters. The van der Waals surface area contributed by atoms with Crippen LogP contribution in [-0.4, -0.2) is 10.9 Å². The van der Waals surface area contributed by atoms with Gasteiger partial charge in [-0.3, -0.25) is 9.78 Å². The third kappa shape index (κ3) is 1.86. The molecule has 0 bridgehead atoms. The van der Waals surface area contributed by atoms with Crippen molar-refractivity contribution in [1.29, 1.82) is 0 Å². The van der Waals surface area contributed by atoms with Crippen LogP contribution in [0.15, 0.2) is 30.3 Å². The first-order chi connectivity index (χ1) is 7.59. The third-order valence-electron chi connectivity index (χ3n) is 2.31. The summed E-state index contributed by atoms with van der Waals surface area (Å²) in [6.07, 6.45) is 0. The number of halogens is 1. The number of nitrogens with zero attached hydrogens (tertiary/aromatic N) is 2. The molecule has 0 N–H and O–H groups in total. The van der Waals surface area contributed by atoms with E-state index >= 15 is 0 Å². The van der Waals surface area contributed by atoms with Crippen molar-refractivity contribution in [1.82, 2.24) is 4.98 Å². The fourth-order valence-corrected chi connectivity index (χ4v) is 1.76. The molecule has 0 fully saturated rings. The number of aryl methyl sites for hydroxylation is 1. The molecule has 16 heavy (non-hydrogen) atoms. The number of para-hydroxylation sites is 1. The zero-order valence-corrected chi connectivity index (χ0v) is 9.82. The van der Waals surface area contributed by atoms with E-state index in [1.807, 2.05) is 31.2 Å². The molecule has 4 heteroatoms. The van der Waals surface area contributed by atoms with E-state index in [0.29, 0.717) is 5.69 Å². The molecule has 0 saturated carbocycles. The fraction of sp³-hybridized carbons (Fsp3) is 0.167. The van der Waals surface area contributed by atoms with Gasteiger partial charge in [0.2, 0.25) is 5.91 Å². The van der Waals surface area contributed by atoms with Gasteiger partial charge in [0.05, 0.1) is 11.2 Å². The van der Waals surface area contributed by atoms with Gasteiger partial charge in [-0.05, 0) is 19.1 Å². The van der Waals surface area contributed by atoms with Crippen LogP contribution < -0.4 is 4.42 Å². The first-order valence-electron chi connectivity index (χ1n) is 4.92. The summed E-state index contributed by atoms with van der Waals surface area (Å²) in [5.41, 5.74) is 2.35. The van der Waals surface area contributed by atoms with Crippen LogP contribution in [0.2, 0.25) is 0 Å². The SMILES string of the molecule is CC(=O)N(Cl)c1cc(C)nc2ccccc12. The summed E-state index contributed by atoms with van der Waals surface area (Å²) < 4.78 is 1.12. The minimum atomic E-state index is -0.211. The Morgan fingerprint density at radius 1 is 1.38 bits per heavy atom. The number of anilines is 1. The molecule has 0 saturated heterocycles. The summed E-state index contributed by atoms with van der Waals surface area (Å²) in [5.74, 6) is -0.211. The summed E-state index contributed by atoms with van der Waals surface area (Å²) in [4.78, 5) is 15.7. The first kappa shape index (κ1) is 10.9. The highest BCUT2D eigenvalue weighted by Crippen LogP contribution is 2.27. The second kappa shape index (κ2) is 4.10. The topological polar surface area (TPSA) is 33.2 Å². The van der Waals surface area contributed by atoms with E-state index in [-0.39, 0.29) is 5.91 Å². The van der Waals surface area contributed by atoms with Crippen LogP contribution >= 0.6 is 11.8 Å². The molecule has 1 aromatic carbocycles. The smallest absolute Gasteiger partial charge is 0.238 e. The van der Waals surface area contributed by atoms with E-state index in [9.17, 15) is 4.79 Å². The number of pyridine rings is 1. The minimum Gasteiger partial charge on any atom is -0.274 e. The Bertz CT molecular complexity index is 554. The van der Waals surface area contributed by atoms with Crippen LogP contribution in [0.3, 0.4) is 0 Å². The molecule has 0 spiro atoms. The lowest BCUT2D eigenvalue weighted by Crippen LogP contribution is -2.17. The second-order valence-electron chi connectivity index (χ2n) is 3.60. The highest BCUT2D eigenvalue weighted by Gasteiger charge is 2.12. The number of carbonyl (C=O) groups is 1. The summed E-state index contributed by atoms with van der Waals surface area (Å²) in [6, 6.07) is 9.40. The molecule has 2 rings (SSSR count). The molecule has 0 radical (unpaired) electrons. The lowest BCUT2D eigenvalue weighted by Gasteiger charge is -2.14. The maximum atomic E-state index is 11.3. The Morgan fingerprint density at radius 2 is 2.06 bits per heavy atom. The quantitative estimate of drug-likeness (QED) is 0.711. The van der Waals surface area contributed by atoms with Crippen LogP contribution in [0, 0.1) is 6.92 Å². The lowest BCUT2D eigenvalue weighted by atomic mass is 10.1. The molecular formula is C12H11ClN2O. The molecule has 1 amide bonds. The van der Waals surface area contributed by atoms with Crippen molar-refractivity contribution < 1.29 is 4.79 Å². The lowest BCUT2D eigenvalue weighted by molar-refractivity contribution is -0.115. The average Bonchev–Trinajstić information content (AvgIpc) is 2.26. The molecular weight excluding hydrogens is 224 g/mol. The van der Waals surface area contributed by atoms with Crippen molar-refractivity contribution in [3.63, 3.8) is 0 Å². The monoisotopic (exact) mass is 234 g/mol. The Morgan fingerprint density at radius 3 is 2.75 bits per heavy atom. The maximum absolute atomic E-state index is 11.3. The fourth-order valence-electron chi connectivity index (χ4n) is 1.62. The summed E-state index contributed by atoms with van der Waals surface area (Å²) in [7, 11) is 0.